The fraction of sp³-hybridized carbons (Fsp3) is 0.333. The first-order valence-electron chi connectivity index (χ1n) is 8.23. The lowest BCUT2D eigenvalue weighted by atomic mass is 10.1. The Kier molecular flexibility index (Phi) is 14.2. The molecule has 0 aliphatic carbocycles. The van der Waals surface area contributed by atoms with Crippen molar-refractivity contribution >= 4 is 24.3 Å². The van der Waals surface area contributed by atoms with E-state index in [9.17, 15) is 0 Å². The number of aliphatic hydroxyl groups is 1. The minimum atomic E-state index is 1.00. The van der Waals surface area contributed by atoms with Gasteiger partial charge in [-0.3, -0.25) is 9.98 Å². The monoisotopic (exact) mass is 358 g/mol. The van der Waals surface area contributed by atoms with Crippen molar-refractivity contribution in [1.29, 1.82) is 0 Å². The van der Waals surface area contributed by atoms with Crippen molar-refractivity contribution in [2.24, 2.45) is 9.98 Å². The molecular formula is C21H30N2OS. The van der Waals surface area contributed by atoms with Crippen LogP contribution in [0.4, 0.5) is 0 Å². The highest BCUT2D eigenvalue weighted by Gasteiger charge is 1.97. The molecule has 0 aliphatic heterocycles. The van der Waals surface area contributed by atoms with Crippen LogP contribution in [-0.4, -0.2) is 32.2 Å². The number of aryl methyl sites for hydroxylation is 3. The van der Waals surface area contributed by atoms with E-state index in [0.717, 1.165) is 12.7 Å². The molecule has 3 nitrogen and oxygen atoms in total. The highest BCUT2D eigenvalue weighted by molar-refractivity contribution is 7.10. The van der Waals surface area contributed by atoms with Crippen LogP contribution in [0.3, 0.4) is 0 Å². The van der Waals surface area contributed by atoms with Crippen molar-refractivity contribution in [3.05, 3.63) is 69.6 Å². The highest BCUT2D eigenvalue weighted by Crippen LogP contribution is 2.15. The molecule has 4 heteroatoms. The lowest BCUT2D eigenvalue weighted by Gasteiger charge is -1.99. The molecule has 2 rings (SSSR count). The number of nitrogens with zero attached hydrogens (tertiary/aromatic N) is 2. The van der Waals surface area contributed by atoms with E-state index in [-0.39, 0.29) is 0 Å². The van der Waals surface area contributed by atoms with Crippen molar-refractivity contribution in [3.8, 4) is 0 Å². The predicted octanol–water partition coefficient (Wildman–Crippen LogP) is 5.13. The highest BCUT2D eigenvalue weighted by atomic mass is 32.1. The lowest BCUT2D eigenvalue weighted by molar-refractivity contribution is 0.399. The van der Waals surface area contributed by atoms with Crippen molar-refractivity contribution in [3.63, 3.8) is 0 Å². The Morgan fingerprint density at radius 1 is 1.16 bits per heavy atom. The molecule has 0 radical (unpaired) electrons. The van der Waals surface area contributed by atoms with E-state index in [1.165, 1.54) is 35.3 Å². The Hall–Kier alpha value is -2.04. The molecule has 0 fully saturated rings. The zero-order chi connectivity index (χ0) is 18.9. The first-order valence-corrected chi connectivity index (χ1v) is 9.11. The first kappa shape index (κ1) is 23.0. The van der Waals surface area contributed by atoms with E-state index < -0.39 is 0 Å². The molecule has 0 atom stereocenters. The number of hydrogen-bond donors (Lipinski definition) is 1. The number of rotatable bonds is 6. The van der Waals surface area contributed by atoms with Crippen LogP contribution in [0.25, 0.3) is 0 Å². The molecule has 0 saturated carbocycles. The molecule has 1 aromatic carbocycles. The molecule has 0 spiro atoms. The van der Waals surface area contributed by atoms with E-state index in [1.54, 1.807) is 19.5 Å². The molecule has 1 N–H and O–H groups in total. The summed E-state index contributed by atoms with van der Waals surface area (Å²) < 4.78 is 0. The minimum Gasteiger partial charge on any atom is -0.400 e. The van der Waals surface area contributed by atoms with Crippen LogP contribution in [0.2, 0.25) is 0 Å². The molecule has 0 amide bonds. The predicted molar refractivity (Wildman–Crippen MR) is 113 cm³/mol. The second kappa shape index (κ2) is 15.5. The van der Waals surface area contributed by atoms with Gasteiger partial charge in [0, 0.05) is 31.4 Å². The number of benzene rings is 1. The Bertz CT molecular complexity index is 630. The maximum Gasteiger partial charge on any atom is 0.0319 e. The Morgan fingerprint density at radius 3 is 2.32 bits per heavy atom. The molecule has 2 aromatic rings. The average molecular weight is 359 g/mol. The maximum absolute atomic E-state index is 7.00. The van der Waals surface area contributed by atoms with Crippen molar-refractivity contribution in [2.75, 3.05) is 14.2 Å². The summed E-state index contributed by atoms with van der Waals surface area (Å²) in [5.41, 5.74) is 3.96. The molecular weight excluding hydrogens is 328 g/mol. The van der Waals surface area contributed by atoms with Crippen molar-refractivity contribution in [2.45, 2.75) is 33.1 Å². The van der Waals surface area contributed by atoms with E-state index in [2.05, 4.69) is 65.4 Å². The zero-order valence-electron chi connectivity index (χ0n) is 15.8. The van der Waals surface area contributed by atoms with Gasteiger partial charge in [0.2, 0.25) is 0 Å². The SMILES string of the molecule is C=N/C=C(/C)C=NC.CO.Cc1cc(CCCc2ccccc2)cs1. The van der Waals surface area contributed by atoms with Gasteiger partial charge in [-0.2, -0.15) is 0 Å². The number of hydrogen-bond acceptors (Lipinski definition) is 4. The number of thiophene rings is 1. The summed E-state index contributed by atoms with van der Waals surface area (Å²) in [7, 11) is 2.72. The molecule has 25 heavy (non-hydrogen) atoms. The number of aliphatic imine (C=N–C) groups is 2. The standard InChI is InChI=1S/C14H16S.C6H10N2.CH4O/c1-12-10-14(11-15-12)9-5-8-13-6-3-2-4-7-13;1-6(4-7-2)5-8-3;1-2/h2-4,6-7,10-11H,5,8-9H2,1H3;4-5H,2H2,1,3H3;2H,1H3/b;6-4-,8-5?;. The van der Waals surface area contributed by atoms with Crippen molar-refractivity contribution < 1.29 is 5.11 Å². The van der Waals surface area contributed by atoms with Gasteiger partial charge in [0.15, 0.2) is 0 Å². The van der Waals surface area contributed by atoms with Crippen LogP contribution < -0.4 is 0 Å². The van der Waals surface area contributed by atoms with E-state index >= 15 is 0 Å². The van der Waals surface area contributed by atoms with Gasteiger partial charge in [0.1, 0.15) is 0 Å². The summed E-state index contributed by atoms with van der Waals surface area (Å²) in [6.07, 6.45) is 7.04. The van der Waals surface area contributed by atoms with Crippen LogP contribution in [0.1, 0.15) is 29.3 Å². The topological polar surface area (TPSA) is 45.0 Å². The third-order valence-electron chi connectivity index (χ3n) is 3.19. The van der Waals surface area contributed by atoms with Crippen LogP contribution in [0.15, 0.2) is 63.5 Å². The zero-order valence-corrected chi connectivity index (χ0v) is 16.6. The van der Waals surface area contributed by atoms with Gasteiger partial charge in [0.25, 0.3) is 0 Å². The van der Waals surface area contributed by atoms with Crippen LogP contribution in [0.5, 0.6) is 0 Å². The van der Waals surface area contributed by atoms with Crippen LogP contribution in [0, 0.1) is 6.92 Å². The van der Waals surface area contributed by atoms with E-state index in [0.29, 0.717) is 0 Å². The third kappa shape index (κ3) is 12.0. The molecule has 136 valence electrons. The van der Waals surface area contributed by atoms with Gasteiger partial charge in [-0.15, -0.1) is 11.3 Å². The normalized spacial score (nSPS) is 10.5. The quantitative estimate of drug-likeness (QED) is 0.715. The van der Waals surface area contributed by atoms with E-state index in [4.69, 9.17) is 5.11 Å². The first-order chi connectivity index (χ1) is 12.2. The van der Waals surface area contributed by atoms with Crippen LogP contribution >= 0.6 is 11.3 Å². The van der Waals surface area contributed by atoms with Gasteiger partial charge in [-0.1, -0.05) is 30.3 Å². The second-order valence-corrected chi connectivity index (χ2v) is 6.46. The Morgan fingerprint density at radius 2 is 1.80 bits per heavy atom. The number of allylic oxidation sites excluding steroid dienone is 1. The smallest absolute Gasteiger partial charge is 0.0319 e. The van der Waals surface area contributed by atoms with Gasteiger partial charge in [-0.05, 0) is 68.0 Å². The fourth-order valence-corrected chi connectivity index (χ4v) is 2.89. The van der Waals surface area contributed by atoms with Crippen molar-refractivity contribution in [1.82, 2.24) is 0 Å². The minimum absolute atomic E-state index is 1.00. The fourth-order valence-electron chi connectivity index (χ4n) is 2.15. The third-order valence-corrected chi connectivity index (χ3v) is 4.10. The summed E-state index contributed by atoms with van der Waals surface area (Å²) in [4.78, 5) is 8.75. The maximum atomic E-state index is 7.00. The molecule has 0 unspecified atom stereocenters. The molecule has 0 bridgehead atoms. The summed E-state index contributed by atoms with van der Waals surface area (Å²) in [5.74, 6) is 0. The lowest BCUT2D eigenvalue weighted by Crippen LogP contribution is -1.87. The van der Waals surface area contributed by atoms with Gasteiger partial charge < -0.3 is 5.11 Å². The second-order valence-electron chi connectivity index (χ2n) is 5.35. The molecule has 1 aromatic heterocycles. The molecule has 0 aliphatic rings. The van der Waals surface area contributed by atoms with Gasteiger partial charge in [-0.25, -0.2) is 0 Å². The van der Waals surface area contributed by atoms with E-state index in [1.807, 2.05) is 18.3 Å². The van der Waals surface area contributed by atoms with Gasteiger partial charge in [0.05, 0.1) is 0 Å². The Labute approximate surface area is 156 Å². The summed E-state index contributed by atoms with van der Waals surface area (Å²) in [6.45, 7) is 7.39. The largest absolute Gasteiger partial charge is 0.400 e. The molecule has 1 heterocycles. The van der Waals surface area contributed by atoms with Crippen LogP contribution in [-0.2, 0) is 12.8 Å². The Balaban J connectivity index is 0.000000493. The molecule has 0 saturated heterocycles. The van der Waals surface area contributed by atoms with Gasteiger partial charge >= 0.3 is 0 Å². The summed E-state index contributed by atoms with van der Waals surface area (Å²) in [5, 5.41) is 9.28. The average Bonchev–Trinajstić information content (AvgIpc) is 3.04. The number of aliphatic hydroxyl groups excluding tert-OH is 1. The summed E-state index contributed by atoms with van der Waals surface area (Å²) in [6, 6.07) is 13.0. The summed E-state index contributed by atoms with van der Waals surface area (Å²) >= 11 is 1.85.